The predicted molar refractivity (Wildman–Crippen MR) is 141 cm³/mol. The number of carboxylic acid groups (broad SMARTS) is 2. The van der Waals surface area contributed by atoms with Gasteiger partial charge in [-0.1, -0.05) is 48.5 Å². The molecule has 0 aliphatic rings. The Balaban J connectivity index is 2.79. The first-order valence-corrected chi connectivity index (χ1v) is 12.8. The summed E-state index contributed by atoms with van der Waals surface area (Å²) in [5, 5.41) is 21.3. The number of hydrogen-bond donors (Lipinski definition) is 5. The number of allylic oxidation sites excluding steroid dienone is 1. The summed E-state index contributed by atoms with van der Waals surface area (Å²) in [5.74, 6) is -4.85. The van der Waals surface area contributed by atoms with E-state index in [-0.39, 0.29) is 45.7 Å². The van der Waals surface area contributed by atoms with Gasteiger partial charge in [-0.25, -0.2) is 0 Å². The van der Waals surface area contributed by atoms with Crippen LogP contribution in [0.15, 0.2) is 24.3 Å². The summed E-state index contributed by atoms with van der Waals surface area (Å²) in [6.07, 6.45) is -0.103. The van der Waals surface area contributed by atoms with Crippen molar-refractivity contribution in [1.29, 1.82) is 0 Å². The smallest absolute Gasteiger partial charge is 0.322 e. The number of Topliss-reactive ketones (excluding diaryl/α,β-unsaturated/α-hetero) is 1. The minimum atomic E-state index is -1.32. The SMILES string of the molecule is C=C(CC)C(=O)c1ccc(OCC(=O)SC[C@H](NC(=O)CC[C@H](N)C(=O)O)C(=O)NCC(=O)O)c(Cl)c1Cl. The fraction of sp³-hybridized carbons (Fsp3) is 0.391. The van der Waals surface area contributed by atoms with Crippen molar-refractivity contribution in [3.05, 3.63) is 39.9 Å². The lowest BCUT2D eigenvalue weighted by Crippen LogP contribution is -2.49. The van der Waals surface area contributed by atoms with Crippen LogP contribution in [-0.2, 0) is 24.0 Å². The number of thioether (sulfide) groups is 1. The number of amides is 2. The van der Waals surface area contributed by atoms with E-state index in [1.165, 1.54) is 12.1 Å². The monoisotopic (exact) mass is 591 g/mol. The Morgan fingerprint density at radius 1 is 1.13 bits per heavy atom. The Labute approximate surface area is 232 Å². The zero-order chi connectivity index (χ0) is 29.0. The maximum absolute atomic E-state index is 12.4. The number of carboxylic acids is 2. The number of nitrogens with two attached hydrogens (primary N) is 1. The van der Waals surface area contributed by atoms with E-state index in [0.29, 0.717) is 23.8 Å². The number of carbonyl (C=O) groups is 6. The van der Waals surface area contributed by atoms with Crippen LogP contribution < -0.4 is 21.1 Å². The van der Waals surface area contributed by atoms with Gasteiger partial charge in [-0.3, -0.25) is 28.8 Å². The second-order valence-electron chi connectivity index (χ2n) is 7.71. The third kappa shape index (κ3) is 10.7. The van der Waals surface area contributed by atoms with Crippen LogP contribution in [0, 0.1) is 0 Å². The first-order valence-electron chi connectivity index (χ1n) is 11.0. The molecule has 2 atom stereocenters. The number of ketones is 1. The van der Waals surface area contributed by atoms with Gasteiger partial charge < -0.3 is 31.3 Å². The summed E-state index contributed by atoms with van der Waals surface area (Å²) in [7, 11) is 0. The third-order valence-electron chi connectivity index (χ3n) is 4.86. The van der Waals surface area contributed by atoms with Crippen LogP contribution in [0.25, 0.3) is 0 Å². The van der Waals surface area contributed by atoms with Gasteiger partial charge in [0, 0.05) is 17.7 Å². The normalized spacial score (nSPS) is 12.1. The second kappa shape index (κ2) is 16.0. The quantitative estimate of drug-likeness (QED) is 0.138. The summed E-state index contributed by atoms with van der Waals surface area (Å²) in [6, 6.07) is 0.156. The van der Waals surface area contributed by atoms with Gasteiger partial charge in [0.25, 0.3) is 0 Å². The second-order valence-corrected chi connectivity index (χ2v) is 9.55. The lowest BCUT2D eigenvalue weighted by Gasteiger charge is -2.18. The van der Waals surface area contributed by atoms with E-state index in [0.717, 1.165) is 0 Å². The first-order chi connectivity index (χ1) is 17.8. The van der Waals surface area contributed by atoms with Gasteiger partial charge in [0.15, 0.2) is 12.4 Å². The minimum Gasteiger partial charge on any atom is -0.483 e. The largest absolute Gasteiger partial charge is 0.483 e. The van der Waals surface area contributed by atoms with Crippen molar-refractivity contribution in [1.82, 2.24) is 10.6 Å². The summed E-state index contributed by atoms with van der Waals surface area (Å²) >= 11 is 13.0. The molecule has 1 aromatic rings. The van der Waals surface area contributed by atoms with Crippen LogP contribution in [0.2, 0.25) is 10.0 Å². The van der Waals surface area contributed by atoms with Crippen molar-refractivity contribution in [3.8, 4) is 5.75 Å². The number of ether oxygens (including phenoxy) is 1. The van der Waals surface area contributed by atoms with Gasteiger partial charge >= 0.3 is 11.9 Å². The number of rotatable bonds is 16. The molecule has 0 bridgehead atoms. The maximum atomic E-state index is 12.4. The molecule has 6 N–H and O–H groups in total. The Morgan fingerprint density at radius 2 is 1.79 bits per heavy atom. The van der Waals surface area contributed by atoms with Crippen molar-refractivity contribution in [2.45, 2.75) is 38.3 Å². The molecule has 0 spiro atoms. The van der Waals surface area contributed by atoms with Gasteiger partial charge in [0.1, 0.15) is 29.4 Å². The molecule has 0 radical (unpaired) electrons. The number of hydrogen-bond acceptors (Lipinski definition) is 9. The van der Waals surface area contributed by atoms with Gasteiger partial charge in [0.05, 0.1) is 5.02 Å². The highest BCUT2D eigenvalue weighted by atomic mass is 35.5. The van der Waals surface area contributed by atoms with E-state index >= 15 is 0 Å². The Bertz CT molecular complexity index is 1110. The highest BCUT2D eigenvalue weighted by Crippen LogP contribution is 2.36. The molecule has 0 aliphatic heterocycles. The summed E-state index contributed by atoms with van der Waals surface area (Å²) in [5.41, 5.74) is 5.82. The number of halogens is 2. The average Bonchev–Trinajstić information content (AvgIpc) is 2.87. The van der Waals surface area contributed by atoms with E-state index < -0.39 is 54.1 Å². The molecule has 12 nitrogen and oxygen atoms in total. The summed E-state index contributed by atoms with van der Waals surface area (Å²) in [4.78, 5) is 70.7. The number of nitrogens with one attached hydrogen (secondary N) is 2. The molecule has 1 aromatic carbocycles. The molecule has 0 saturated carbocycles. The van der Waals surface area contributed by atoms with Crippen molar-refractivity contribution in [2.24, 2.45) is 5.73 Å². The zero-order valence-electron chi connectivity index (χ0n) is 20.3. The maximum Gasteiger partial charge on any atom is 0.322 e. The van der Waals surface area contributed by atoms with Gasteiger partial charge in [-0.05, 0) is 30.5 Å². The summed E-state index contributed by atoms with van der Waals surface area (Å²) in [6.45, 7) is 4.19. The predicted octanol–water partition coefficient (Wildman–Crippen LogP) is 1.66. The molecule has 1 rings (SSSR count). The molecule has 0 fully saturated rings. The zero-order valence-corrected chi connectivity index (χ0v) is 22.6. The number of benzene rings is 1. The Morgan fingerprint density at radius 3 is 2.37 bits per heavy atom. The highest BCUT2D eigenvalue weighted by molar-refractivity contribution is 8.13. The molecule has 0 unspecified atom stereocenters. The van der Waals surface area contributed by atoms with E-state index in [1.807, 2.05) is 0 Å². The molecule has 2 amide bonds. The summed E-state index contributed by atoms with van der Waals surface area (Å²) < 4.78 is 5.39. The molecule has 0 aliphatic carbocycles. The van der Waals surface area contributed by atoms with Crippen LogP contribution >= 0.6 is 35.0 Å². The van der Waals surface area contributed by atoms with Crippen molar-refractivity contribution in [2.75, 3.05) is 18.9 Å². The standard InChI is InChI=1S/C23H27Cl2N3O9S/c1-3-11(2)21(33)12-4-6-15(20(25)19(12)24)37-9-18(32)38-10-14(22(34)27-8-17(30)31)28-16(29)7-5-13(26)23(35)36/h4,6,13-14H,2-3,5,7-10,26H2,1H3,(H,27,34)(H,28,29)(H,30,31)(H,35,36)/t13-,14-/m0/s1. The number of carbonyl (C=O) groups excluding carboxylic acids is 4. The Hall–Kier alpha value is -3.13. The Kier molecular flexibility index (Phi) is 13.8. The van der Waals surface area contributed by atoms with Crippen LogP contribution in [0.5, 0.6) is 5.75 Å². The van der Waals surface area contributed by atoms with Gasteiger partial charge in [0.2, 0.25) is 16.9 Å². The van der Waals surface area contributed by atoms with Crippen LogP contribution in [0.1, 0.15) is 36.5 Å². The molecule has 0 heterocycles. The topological polar surface area (TPSA) is 202 Å². The van der Waals surface area contributed by atoms with E-state index in [4.69, 9.17) is 43.9 Å². The fourth-order valence-electron chi connectivity index (χ4n) is 2.67. The lowest BCUT2D eigenvalue weighted by molar-refractivity contribution is -0.139. The number of aliphatic carboxylic acids is 2. The third-order valence-corrected chi connectivity index (χ3v) is 6.67. The van der Waals surface area contributed by atoms with Crippen molar-refractivity contribution in [3.63, 3.8) is 0 Å². The van der Waals surface area contributed by atoms with E-state index in [2.05, 4.69) is 17.2 Å². The molecule has 0 aromatic heterocycles. The average molecular weight is 592 g/mol. The molecule has 208 valence electrons. The molecular formula is C23H27Cl2N3O9S. The lowest BCUT2D eigenvalue weighted by atomic mass is 10.0. The highest BCUT2D eigenvalue weighted by Gasteiger charge is 2.24. The van der Waals surface area contributed by atoms with Crippen LogP contribution in [0.4, 0.5) is 0 Å². The van der Waals surface area contributed by atoms with Crippen molar-refractivity contribution < 1.29 is 43.7 Å². The molecule has 38 heavy (non-hydrogen) atoms. The fourth-order valence-corrected chi connectivity index (χ4v) is 3.86. The molecule has 0 saturated heterocycles. The minimum absolute atomic E-state index is 0.0306. The van der Waals surface area contributed by atoms with E-state index in [1.54, 1.807) is 6.92 Å². The molecule has 15 heteroatoms. The van der Waals surface area contributed by atoms with E-state index in [9.17, 15) is 28.8 Å². The first kappa shape index (κ1) is 32.9. The van der Waals surface area contributed by atoms with Crippen LogP contribution in [-0.4, -0.2) is 75.9 Å². The van der Waals surface area contributed by atoms with Crippen LogP contribution in [0.3, 0.4) is 0 Å². The van der Waals surface area contributed by atoms with Crippen molar-refractivity contribution >= 4 is 69.6 Å². The van der Waals surface area contributed by atoms with Gasteiger partial charge in [-0.2, -0.15) is 0 Å². The molecular weight excluding hydrogens is 565 g/mol. The van der Waals surface area contributed by atoms with Gasteiger partial charge in [-0.15, -0.1) is 0 Å².